The predicted octanol–water partition coefficient (Wildman–Crippen LogP) is 6.17. The molecule has 1 aliphatic carbocycles. The first-order valence-corrected chi connectivity index (χ1v) is 13.7. The van der Waals surface area contributed by atoms with Crippen molar-refractivity contribution >= 4 is 29.1 Å². The SMILES string of the molecule is Cc1cc(C(F)(F)F)nn1CC(=O)N1N=C2C(=Cc3ccc(N(C)C)cc3)CCCC2C1c1ccc(N(C)C)cc1. The minimum absolute atomic E-state index is 0.0188. The number of rotatable bonds is 6. The van der Waals surface area contributed by atoms with Crippen LogP contribution in [0.1, 0.15) is 47.8 Å². The average molecular weight is 565 g/mol. The number of amides is 1. The number of hydrogen-bond acceptors (Lipinski definition) is 5. The summed E-state index contributed by atoms with van der Waals surface area (Å²) in [5, 5.41) is 10.0. The van der Waals surface area contributed by atoms with E-state index in [-0.39, 0.29) is 24.2 Å². The van der Waals surface area contributed by atoms with E-state index in [4.69, 9.17) is 5.10 Å². The van der Waals surface area contributed by atoms with Gasteiger partial charge in [0.05, 0.1) is 11.8 Å². The van der Waals surface area contributed by atoms with Crippen LogP contribution < -0.4 is 9.80 Å². The van der Waals surface area contributed by atoms with E-state index < -0.39 is 17.8 Å². The first-order valence-electron chi connectivity index (χ1n) is 13.7. The highest BCUT2D eigenvalue weighted by Crippen LogP contribution is 2.45. The zero-order valence-corrected chi connectivity index (χ0v) is 24.0. The van der Waals surface area contributed by atoms with Crippen LogP contribution in [0.5, 0.6) is 0 Å². The summed E-state index contributed by atoms with van der Waals surface area (Å²) in [6, 6.07) is 16.9. The summed E-state index contributed by atoms with van der Waals surface area (Å²) in [7, 11) is 7.93. The Kier molecular flexibility index (Phi) is 7.68. The molecule has 0 saturated heterocycles. The number of fused-ring (bicyclic) bond motifs is 1. The Morgan fingerprint density at radius 3 is 2.17 bits per heavy atom. The highest BCUT2D eigenvalue weighted by molar-refractivity contribution is 6.08. The van der Waals surface area contributed by atoms with Crippen LogP contribution in [0, 0.1) is 12.8 Å². The smallest absolute Gasteiger partial charge is 0.378 e. The minimum atomic E-state index is -4.58. The molecule has 5 rings (SSSR count). The molecule has 1 aromatic heterocycles. The van der Waals surface area contributed by atoms with Crippen molar-refractivity contribution in [3.63, 3.8) is 0 Å². The van der Waals surface area contributed by atoms with Gasteiger partial charge in [0.25, 0.3) is 5.91 Å². The molecule has 2 aliphatic rings. The Morgan fingerprint density at radius 2 is 1.61 bits per heavy atom. The normalized spacial score (nSPS) is 19.8. The van der Waals surface area contributed by atoms with Crippen molar-refractivity contribution in [2.75, 3.05) is 38.0 Å². The van der Waals surface area contributed by atoms with Gasteiger partial charge in [0, 0.05) is 51.2 Å². The van der Waals surface area contributed by atoms with Crippen LogP contribution >= 0.6 is 0 Å². The Hall–Kier alpha value is -4.08. The number of nitrogens with zero attached hydrogens (tertiary/aromatic N) is 6. The maximum absolute atomic E-state index is 13.7. The fourth-order valence-electron chi connectivity index (χ4n) is 5.59. The molecule has 1 amide bonds. The lowest BCUT2D eigenvalue weighted by Gasteiger charge is -2.30. The molecule has 41 heavy (non-hydrogen) atoms. The molecular weight excluding hydrogens is 529 g/mol. The minimum Gasteiger partial charge on any atom is -0.378 e. The number of allylic oxidation sites excluding steroid dienone is 1. The van der Waals surface area contributed by atoms with Gasteiger partial charge in [-0.1, -0.05) is 24.3 Å². The molecule has 0 spiro atoms. The second-order valence-electron chi connectivity index (χ2n) is 11.1. The van der Waals surface area contributed by atoms with Gasteiger partial charge in [-0.2, -0.15) is 23.4 Å². The van der Waals surface area contributed by atoms with E-state index in [9.17, 15) is 18.0 Å². The summed E-state index contributed by atoms with van der Waals surface area (Å²) >= 11 is 0. The van der Waals surface area contributed by atoms with Gasteiger partial charge in [-0.15, -0.1) is 0 Å². The molecule has 0 radical (unpaired) electrons. The van der Waals surface area contributed by atoms with E-state index in [2.05, 4.69) is 35.4 Å². The summed E-state index contributed by atoms with van der Waals surface area (Å²) in [6.45, 7) is 1.19. The largest absolute Gasteiger partial charge is 0.435 e. The number of anilines is 2. The third-order valence-corrected chi connectivity index (χ3v) is 7.82. The van der Waals surface area contributed by atoms with Crippen molar-refractivity contribution < 1.29 is 18.0 Å². The van der Waals surface area contributed by atoms with Crippen LogP contribution in [0.15, 0.2) is 65.3 Å². The maximum Gasteiger partial charge on any atom is 0.435 e. The van der Waals surface area contributed by atoms with Crippen molar-refractivity contribution in [3.05, 3.63) is 82.7 Å². The molecule has 3 aromatic rings. The molecule has 2 aromatic carbocycles. The Balaban J connectivity index is 1.51. The Labute approximate surface area is 238 Å². The second kappa shape index (κ2) is 11.1. The summed E-state index contributed by atoms with van der Waals surface area (Å²) in [6.07, 6.45) is 0.207. The number of carbonyl (C=O) groups is 1. The van der Waals surface area contributed by atoms with Crippen LogP contribution in [-0.2, 0) is 17.5 Å². The van der Waals surface area contributed by atoms with Crippen LogP contribution in [0.2, 0.25) is 0 Å². The van der Waals surface area contributed by atoms with Gasteiger partial charge in [0.15, 0.2) is 5.69 Å². The van der Waals surface area contributed by atoms with E-state index >= 15 is 0 Å². The van der Waals surface area contributed by atoms with Crippen molar-refractivity contribution in [1.82, 2.24) is 14.8 Å². The third-order valence-electron chi connectivity index (χ3n) is 7.82. The predicted molar refractivity (Wildman–Crippen MR) is 156 cm³/mol. The fraction of sp³-hybridized carbons (Fsp3) is 0.387. The lowest BCUT2D eigenvalue weighted by atomic mass is 9.77. The molecule has 1 fully saturated rings. The molecule has 7 nitrogen and oxygen atoms in total. The van der Waals surface area contributed by atoms with Crippen LogP contribution in [0.25, 0.3) is 6.08 Å². The van der Waals surface area contributed by atoms with Gasteiger partial charge in [-0.25, -0.2) is 5.01 Å². The van der Waals surface area contributed by atoms with Crippen LogP contribution in [-0.4, -0.2) is 54.6 Å². The molecule has 2 atom stereocenters. The Morgan fingerprint density at radius 1 is 1.00 bits per heavy atom. The fourth-order valence-corrected chi connectivity index (χ4v) is 5.59. The average Bonchev–Trinajstić information content (AvgIpc) is 3.50. The molecule has 0 bridgehead atoms. The standard InChI is InChI=1S/C31H35F3N6O/c1-20-17-27(31(32,33)34)35-39(20)19-28(41)40-30(22-11-15-25(16-12-22)38(4)5)26-8-6-7-23(29(26)36-40)18-21-9-13-24(14-10-21)37(2)3/h9-18,26,30H,6-8,19H2,1-5H3. The monoisotopic (exact) mass is 564 g/mol. The highest BCUT2D eigenvalue weighted by atomic mass is 19.4. The number of carbonyl (C=O) groups excluding carboxylic acids is 1. The number of hydrogen-bond donors (Lipinski definition) is 0. The Bertz CT molecular complexity index is 1470. The number of alkyl halides is 3. The third kappa shape index (κ3) is 5.87. The first kappa shape index (κ1) is 28.4. The van der Waals surface area contributed by atoms with Gasteiger partial charge in [0.2, 0.25) is 0 Å². The van der Waals surface area contributed by atoms with Gasteiger partial charge in [0.1, 0.15) is 6.54 Å². The molecule has 1 saturated carbocycles. The lowest BCUT2D eigenvalue weighted by Crippen LogP contribution is -2.34. The number of halogens is 3. The van der Waals surface area contributed by atoms with E-state index in [1.807, 2.05) is 62.3 Å². The molecular formula is C31H35F3N6O. The van der Waals surface area contributed by atoms with Crippen molar-refractivity contribution in [2.45, 2.75) is 44.9 Å². The topological polar surface area (TPSA) is 57.0 Å². The van der Waals surface area contributed by atoms with Gasteiger partial charge >= 0.3 is 6.18 Å². The molecule has 10 heteroatoms. The zero-order chi connectivity index (χ0) is 29.5. The van der Waals surface area contributed by atoms with Crippen molar-refractivity contribution in [3.8, 4) is 0 Å². The summed E-state index contributed by atoms with van der Waals surface area (Å²) in [4.78, 5) is 17.8. The van der Waals surface area contributed by atoms with E-state index in [1.54, 1.807) is 0 Å². The first-order chi connectivity index (χ1) is 19.4. The molecule has 1 aliphatic heterocycles. The lowest BCUT2D eigenvalue weighted by molar-refractivity contribution is -0.142. The van der Waals surface area contributed by atoms with Crippen LogP contribution in [0.3, 0.4) is 0 Å². The molecule has 0 N–H and O–H groups in total. The van der Waals surface area contributed by atoms with Crippen molar-refractivity contribution in [2.24, 2.45) is 11.0 Å². The summed E-state index contributed by atoms with van der Waals surface area (Å²) < 4.78 is 40.9. The molecule has 216 valence electrons. The van der Waals surface area contributed by atoms with Crippen LogP contribution in [0.4, 0.5) is 24.5 Å². The number of hydrazone groups is 1. The number of aromatic nitrogens is 2. The van der Waals surface area contributed by atoms with Gasteiger partial charge in [-0.05, 0) is 79.3 Å². The quantitative estimate of drug-likeness (QED) is 0.360. The van der Waals surface area contributed by atoms with E-state index in [0.717, 1.165) is 63.8 Å². The highest BCUT2D eigenvalue weighted by Gasteiger charge is 2.44. The maximum atomic E-state index is 13.7. The van der Waals surface area contributed by atoms with Gasteiger partial charge < -0.3 is 9.80 Å². The molecule has 2 unspecified atom stereocenters. The summed E-state index contributed by atoms with van der Waals surface area (Å²) in [5.74, 6) is -0.419. The number of benzene rings is 2. The summed E-state index contributed by atoms with van der Waals surface area (Å²) in [5.41, 5.74) is 5.34. The number of aryl methyl sites for hydroxylation is 1. The van der Waals surface area contributed by atoms with E-state index in [0.29, 0.717) is 0 Å². The van der Waals surface area contributed by atoms with Gasteiger partial charge in [-0.3, -0.25) is 9.48 Å². The van der Waals surface area contributed by atoms with Crippen molar-refractivity contribution in [1.29, 1.82) is 0 Å². The zero-order valence-electron chi connectivity index (χ0n) is 24.0. The molecule has 2 heterocycles. The van der Waals surface area contributed by atoms with E-state index in [1.165, 1.54) is 11.9 Å². The second-order valence-corrected chi connectivity index (χ2v) is 11.1.